The zero-order valence-corrected chi connectivity index (χ0v) is 11.9. The van der Waals surface area contributed by atoms with Gasteiger partial charge >= 0.3 is 5.97 Å². The van der Waals surface area contributed by atoms with Crippen LogP contribution >= 0.6 is 15.9 Å². The van der Waals surface area contributed by atoms with E-state index in [4.69, 9.17) is 5.11 Å². The lowest BCUT2D eigenvalue weighted by Gasteiger charge is -2.13. The largest absolute Gasteiger partial charge is 0.480 e. The molecule has 0 radical (unpaired) electrons. The van der Waals surface area contributed by atoms with E-state index in [1.54, 1.807) is 0 Å². The fraction of sp³-hybridized carbons (Fsp3) is 0.778. The monoisotopic (exact) mass is 329 g/mol. The number of amides is 1. The summed E-state index contributed by atoms with van der Waals surface area (Å²) in [6, 6.07) is -1.15. The molecule has 2 N–H and O–H groups in total. The minimum atomic E-state index is -3.22. The maximum absolute atomic E-state index is 11.2. The number of hydrogen-bond donors (Lipinski definition) is 2. The van der Waals surface area contributed by atoms with Crippen molar-refractivity contribution < 1.29 is 23.1 Å². The molecule has 1 atom stereocenters. The number of hydrogen-bond acceptors (Lipinski definition) is 4. The van der Waals surface area contributed by atoms with Crippen molar-refractivity contribution in [1.29, 1.82) is 0 Å². The molecule has 17 heavy (non-hydrogen) atoms. The summed E-state index contributed by atoms with van der Waals surface area (Å²) in [6.45, 7) is 1.49. The van der Waals surface area contributed by atoms with Gasteiger partial charge in [0.15, 0.2) is 0 Å². The number of rotatable bonds is 8. The molecule has 6 nitrogen and oxygen atoms in total. The van der Waals surface area contributed by atoms with Gasteiger partial charge in [0.1, 0.15) is 15.9 Å². The Bertz CT molecular complexity index is 368. The van der Waals surface area contributed by atoms with Crippen molar-refractivity contribution in [2.24, 2.45) is 0 Å². The summed E-state index contributed by atoms with van der Waals surface area (Å²) in [5, 5.41) is 11.5. The Kier molecular flexibility index (Phi) is 7.37. The van der Waals surface area contributed by atoms with Crippen LogP contribution in [0, 0.1) is 0 Å². The van der Waals surface area contributed by atoms with Crippen LogP contribution < -0.4 is 5.32 Å². The van der Waals surface area contributed by atoms with Gasteiger partial charge in [-0.3, -0.25) is 4.79 Å². The lowest BCUT2D eigenvalue weighted by atomic mass is 10.2. The van der Waals surface area contributed by atoms with Crippen LogP contribution in [0.3, 0.4) is 0 Å². The van der Waals surface area contributed by atoms with Crippen LogP contribution in [0.15, 0.2) is 0 Å². The van der Waals surface area contributed by atoms with Gasteiger partial charge in [0, 0.05) is 17.5 Å². The number of nitrogens with one attached hydrogen (secondary N) is 1. The molecule has 0 heterocycles. The second-order valence-corrected chi connectivity index (χ2v) is 6.69. The van der Waals surface area contributed by atoms with Crippen LogP contribution in [-0.4, -0.2) is 48.3 Å². The van der Waals surface area contributed by atoms with Crippen LogP contribution in [-0.2, 0) is 19.4 Å². The molecule has 0 saturated heterocycles. The fourth-order valence-electron chi connectivity index (χ4n) is 1.05. The van der Waals surface area contributed by atoms with Crippen molar-refractivity contribution >= 4 is 37.6 Å². The number of halogens is 1. The highest BCUT2D eigenvalue weighted by atomic mass is 79.9. The smallest absolute Gasteiger partial charge is 0.326 e. The summed E-state index contributed by atoms with van der Waals surface area (Å²) in [6.07, 6.45) is 0.0455. The van der Waals surface area contributed by atoms with Gasteiger partial charge in [-0.1, -0.05) is 22.9 Å². The van der Waals surface area contributed by atoms with Gasteiger partial charge in [-0.2, -0.15) is 0 Å². The summed E-state index contributed by atoms with van der Waals surface area (Å²) >= 11 is 3.05. The number of carbonyl (C=O) groups excluding carboxylic acids is 1. The Morgan fingerprint density at radius 2 is 2.00 bits per heavy atom. The predicted molar refractivity (Wildman–Crippen MR) is 66.9 cm³/mol. The third-order valence-electron chi connectivity index (χ3n) is 2.11. The molecule has 1 amide bonds. The van der Waals surface area contributed by atoms with Gasteiger partial charge in [0.05, 0.1) is 5.75 Å². The average molecular weight is 330 g/mol. The van der Waals surface area contributed by atoms with E-state index in [0.29, 0.717) is 5.33 Å². The summed E-state index contributed by atoms with van der Waals surface area (Å²) < 4.78 is 22.4. The molecule has 0 aromatic rings. The van der Waals surface area contributed by atoms with Gasteiger partial charge in [0.2, 0.25) is 5.91 Å². The fourth-order valence-corrected chi connectivity index (χ4v) is 2.30. The normalized spacial score (nSPS) is 13.1. The van der Waals surface area contributed by atoms with Crippen LogP contribution in [0.2, 0.25) is 0 Å². The van der Waals surface area contributed by atoms with Crippen LogP contribution in [0.5, 0.6) is 0 Å². The molecule has 0 aromatic carbocycles. The average Bonchev–Trinajstić information content (AvgIpc) is 2.24. The highest BCUT2D eigenvalue weighted by Gasteiger charge is 2.22. The van der Waals surface area contributed by atoms with Gasteiger partial charge in [-0.05, 0) is 6.42 Å². The predicted octanol–water partition coefficient (Wildman–Crippen LogP) is 0.166. The van der Waals surface area contributed by atoms with Crippen molar-refractivity contribution in [3.05, 3.63) is 0 Å². The third kappa shape index (κ3) is 7.32. The number of carbonyl (C=O) groups is 2. The highest BCUT2D eigenvalue weighted by molar-refractivity contribution is 9.09. The maximum atomic E-state index is 11.2. The van der Waals surface area contributed by atoms with Gasteiger partial charge in [0.25, 0.3) is 0 Å². The molecule has 0 bridgehead atoms. The first-order chi connectivity index (χ1) is 7.82. The molecule has 0 fully saturated rings. The standard InChI is InChI=1S/C9H16BrNO5S/c1-2-17(15,16)6-4-7(9(13)14)11-8(12)3-5-10/h7H,2-6H2,1H3,(H,11,12)(H,13,14). The van der Waals surface area contributed by atoms with E-state index in [1.807, 2.05) is 0 Å². The molecular formula is C9H16BrNO5S. The van der Waals surface area contributed by atoms with Gasteiger partial charge < -0.3 is 10.4 Å². The molecule has 0 aromatic heterocycles. The third-order valence-corrected chi connectivity index (χ3v) is 4.25. The first-order valence-electron chi connectivity index (χ1n) is 5.11. The van der Waals surface area contributed by atoms with E-state index >= 15 is 0 Å². The molecule has 0 aliphatic rings. The Morgan fingerprint density at radius 1 is 1.41 bits per heavy atom. The van der Waals surface area contributed by atoms with Gasteiger partial charge in [-0.25, -0.2) is 13.2 Å². The number of aliphatic carboxylic acids is 1. The number of alkyl halides is 1. The Hall–Kier alpha value is -0.630. The van der Waals surface area contributed by atoms with Crippen molar-refractivity contribution in [1.82, 2.24) is 5.32 Å². The quantitative estimate of drug-likeness (QED) is 0.618. The lowest BCUT2D eigenvalue weighted by Crippen LogP contribution is -2.42. The van der Waals surface area contributed by atoms with E-state index in [-0.39, 0.29) is 24.3 Å². The van der Waals surface area contributed by atoms with E-state index in [0.717, 1.165) is 0 Å². The molecule has 100 valence electrons. The maximum Gasteiger partial charge on any atom is 0.326 e. The first kappa shape index (κ1) is 16.4. The Labute approximate surface area is 109 Å². The van der Waals surface area contributed by atoms with E-state index in [2.05, 4.69) is 21.2 Å². The molecule has 1 unspecified atom stereocenters. The van der Waals surface area contributed by atoms with Crippen molar-refractivity contribution in [2.75, 3.05) is 16.8 Å². The number of carboxylic acids is 1. The Balaban J connectivity index is 4.36. The van der Waals surface area contributed by atoms with E-state index in [1.165, 1.54) is 6.92 Å². The SMILES string of the molecule is CCS(=O)(=O)CCC(NC(=O)CCBr)C(=O)O. The first-order valence-corrected chi connectivity index (χ1v) is 8.05. The molecule has 0 aliphatic carbocycles. The van der Waals surface area contributed by atoms with Crippen LogP contribution in [0.4, 0.5) is 0 Å². The zero-order valence-electron chi connectivity index (χ0n) is 9.48. The highest BCUT2D eigenvalue weighted by Crippen LogP contribution is 2.00. The van der Waals surface area contributed by atoms with Crippen LogP contribution in [0.1, 0.15) is 19.8 Å². The molecule has 0 spiro atoms. The van der Waals surface area contributed by atoms with E-state index in [9.17, 15) is 18.0 Å². The van der Waals surface area contributed by atoms with Crippen molar-refractivity contribution in [3.8, 4) is 0 Å². The molecular weight excluding hydrogens is 314 g/mol. The van der Waals surface area contributed by atoms with E-state index < -0.39 is 27.8 Å². The molecule has 0 aliphatic heterocycles. The molecule has 0 saturated carbocycles. The molecule has 0 rings (SSSR count). The second-order valence-electron chi connectivity index (χ2n) is 3.42. The second kappa shape index (κ2) is 7.65. The Morgan fingerprint density at radius 3 is 2.41 bits per heavy atom. The van der Waals surface area contributed by atoms with Crippen molar-refractivity contribution in [2.45, 2.75) is 25.8 Å². The van der Waals surface area contributed by atoms with Gasteiger partial charge in [-0.15, -0.1) is 0 Å². The lowest BCUT2D eigenvalue weighted by molar-refractivity contribution is -0.141. The van der Waals surface area contributed by atoms with Crippen molar-refractivity contribution in [3.63, 3.8) is 0 Å². The minimum absolute atomic E-state index is 0.0331. The van der Waals surface area contributed by atoms with Crippen LogP contribution in [0.25, 0.3) is 0 Å². The minimum Gasteiger partial charge on any atom is -0.480 e. The molecule has 8 heteroatoms. The summed E-state index contributed by atoms with van der Waals surface area (Å²) in [7, 11) is -3.22. The number of sulfone groups is 1. The summed E-state index contributed by atoms with van der Waals surface area (Å²) in [4.78, 5) is 22.0. The summed E-state index contributed by atoms with van der Waals surface area (Å²) in [5.41, 5.74) is 0. The topological polar surface area (TPSA) is 101 Å². The summed E-state index contributed by atoms with van der Waals surface area (Å²) in [5.74, 6) is -1.91. The number of carboxylic acid groups (broad SMARTS) is 1. The zero-order chi connectivity index (χ0) is 13.5.